The predicted molar refractivity (Wildman–Crippen MR) is 94.5 cm³/mol. The number of rotatable bonds is 4. The highest BCUT2D eigenvalue weighted by Gasteiger charge is 2.28. The standard InChI is InChI=1S/C18H18ClN3O3/c19-16-6-2-1-5-15(16)18(24)22-9-7-13(8-10-22)17(23)21-20-12-14-4-3-11-25-14/h1-6,11-13H,7-10H2,(H,21,23)/b20-12-. The first kappa shape index (κ1) is 17.2. The number of hydrogen-bond acceptors (Lipinski definition) is 4. The van der Waals surface area contributed by atoms with Crippen LogP contribution in [0.15, 0.2) is 52.2 Å². The lowest BCUT2D eigenvalue weighted by atomic mass is 9.95. The number of hydrazone groups is 1. The average molecular weight is 360 g/mol. The van der Waals surface area contributed by atoms with E-state index >= 15 is 0 Å². The van der Waals surface area contributed by atoms with Gasteiger partial charge in [0.1, 0.15) is 5.76 Å². The summed E-state index contributed by atoms with van der Waals surface area (Å²) in [5, 5.41) is 4.33. The second kappa shape index (κ2) is 7.98. The summed E-state index contributed by atoms with van der Waals surface area (Å²) in [7, 11) is 0. The van der Waals surface area contributed by atoms with Gasteiger partial charge in [-0.15, -0.1) is 0 Å². The van der Waals surface area contributed by atoms with Crippen molar-refractivity contribution in [2.24, 2.45) is 11.0 Å². The van der Waals surface area contributed by atoms with Gasteiger partial charge >= 0.3 is 0 Å². The van der Waals surface area contributed by atoms with Gasteiger partial charge in [0.05, 0.1) is 23.1 Å². The summed E-state index contributed by atoms with van der Waals surface area (Å²) in [4.78, 5) is 26.4. The van der Waals surface area contributed by atoms with Gasteiger partial charge in [0.2, 0.25) is 5.91 Å². The smallest absolute Gasteiger partial charge is 0.255 e. The Morgan fingerprint density at radius 3 is 2.64 bits per heavy atom. The van der Waals surface area contributed by atoms with Gasteiger partial charge in [-0.2, -0.15) is 5.10 Å². The Morgan fingerprint density at radius 2 is 1.96 bits per heavy atom. The van der Waals surface area contributed by atoms with Crippen molar-refractivity contribution in [2.75, 3.05) is 13.1 Å². The molecule has 25 heavy (non-hydrogen) atoms. The van der Waals surface area contributed by atoms with Crippen LogP contribution in [0, 0.1) is 5.92 Å². The molecule has 0 aliphatic carbocycles. The summed E-state index contributed by atoms with van der Waals surface area (Å²) in [6, 6.07) is 10.5. The number of nitrogens with one attached hydrogen (secondary N) is 1. The summed E-state index contributed by atoms with van der Waals surface area (Å²) >= 11 is 6.08. The number of likely N-dealkylation sites (tertiary alicyclic amines) is 1. The van der Waals surface area contributed by atoms with E-state index in [9.17, 15) is 9.59 Å². The van der Waals surface area contributed by atoms with Crippen LogP contribution in [-0.4, -0.2) is 36.0 Å². The fraction of sp³-hybridized carbons (Fsp3) is 0.278. The number of benzene rings is 1. The number of amides is 2. The molecule has 1 N–H and O–H groups in total. The first-order valence-electron chi connectivity index (χ1n) is 8.05. The van der Waals surface area contributed by atoms with E-state index in [-0.39, 0.29) is 17.7 Å². The minimum atomic E-state index is -0.163. The molecule has 7 heteroatoms. The molecular weight excluding hydrogens is 342 g/mol. The van der Waals surface area contributed by atoms with Crippen molar-refractivity contribution in [3.63, 3.8) is 0 Å². The van der Waals surface area contributed by atoms with Crippen LogP contribution < -0.4 is 5.43 Å². The average Bonchev–Trinajstić information content (AvgIpc) is 3.15. The highest BCUT2D eigenvalue weighted by atomic mass is 35.5. The molecule has 1 saturated heterocycles. The van der Waals surface area contributed by atoms with E-state index in [1.165, 1.54) is 12.5 Å². The molecule has 1 aromatic heterocycles. The zero-order valence-corrected chi connectivity index (χ0v) is 14.3. The Morgan fingerprint density at radius 1 is 1.20 bits per heavy atom. The van der Waals surface area contributed by atoms with E-state index < -0.39 is 0 Å². The Balaban J connectivity index is 1.50. The molecule has 1 aliphatic heterocycles. The van der Waals surface area contributed by atoms with Gasteiger partial charge in [0.15, 0.2) is 0 Å². The van der Waals surface area contributed by atoms with Crippen molar-refractivity contribution in [3.05, 3.63) is 59.0 Å². The summed E-state index contributed by atoms with van der Waals surface area (Å²) in [5.41, 5.74) is 3.02. The number of carbonyl (C=O) groups is 2. The van der Waals surface area contributed by atoms with Crippen LogP contribution in [0.5, 0.6) is 0 Å². The zero-order valence-electron chi connectivity index (χ0n) is 13.5. The third kappa shape index (κ3) is 4.28. The Labute approximate surface area is 150 Å². The topological polar surface area (TPSA) is 74.9 Å². The molecule has 0 atom stereocenters. The molecule has 0 unspecified atom stereocenters. The van der Waals surface area contributed by atoms with Gasteiger partial charge in [0.25, 0.3) is 5.91 Å². The molecule has 0 saturated carbocycles. The van der Waals surface area contributed by atoms with E-state index in [4.69, 9.17) is 16.0 Å². The molecule has 0 radical (unpaired) electrons. The van der Waals surface area contributed by atoms with Gasteiger partial charge in [-0.1, -0.05) is 23.7 Å². The molecule has 1 aromatic carbocycles. The zero-order chi connectivity index (χ0) is 17.6. The lowest BCUT2D eigenvalue weighted by molar-refractivity contribution is -0.126. The monoisotopic (exact) mass is 359 g/mol. The predicted octanol–water partition coefficient (Wildman–Crippen LogP) is 2.94. The minimum Gasteiger partial charge on any atom is -0.463 e. The first-order valence-corrected chi connectivity index (χ1v) is 8.43. The van der Waals surface area contributed by atoms with Crippen molar-refractivity contribution in [3.8, 4) is 0 Å². The van der Waals surface area contributed by atoms with Crippen molar-refractivity contribution >= 4 is 29.6 Å². The summed E-state index contributed by atoms with van der Waals surface area (Å²) in [6.45, 7) is 1.04. The largest absolute Gasteiger partial charge is 0.463 e. The van der Waals surface area contributed by atoms with Gasteiger partial charge in [0, 0.05) is 19.0 Å². The van der Waals surface area contributed by atoms with E-state index in [0.29, 0.717) is 42.3 Å². The fourth-order valence-corrected chi connectivity index (χ4v) is 2.98. The third-order valence-electron chi connectivity index (χ3n) is 4.17. The number of piperidine rings is 1. The number of nitrogens with zero attached hydrogens (tertiary/aromatic N) is 2. The molecule has 1 fully saturated rings. The maximum absolute atomic E-state index is 12.5. The van der Waals surface area contributed by atoms with E-state index in [2.05, 4.69) is 10.5 Å². The molecule has 6 nitrogen and oxygen atoms in total. The second-order valence-corrected chi connectivity index (χ2v) is 6.20. The van der Waals surface area contributed by atoms with Crippen molar-refractivity contribution in [2.45, 2.75) is 12.8 Å². The van der Waals surface area contributed by atoms with Crippen LogP contribution >= 0.6 is 11.6 Å². The number of hydrogen-bond donors (Lipinski definition) is 1. The molecule has 1 aliphatic rings. The van der Waals surface area contributed by atoms with Crippen molar-refractivity contribution in [1.29, 1.82) is 0 Å². The van der Waals surface area contributed by atoms with Gasteiger partial charge in [-0.05, 0) is 37.1 Å². The van der Waals surface area contributed by atoms with Crippen LogP contribution in [0.25, 0.3) is 0 Å². The molecular formula is C18H18ClN3O3. The summed E-state index contributed by atoms with van der Waals surface area (Å²) in [5.74, 6) is 0.164. The van der Waals surface area contributed by atoms with Crippen LogP contribution in [0.2, 0.25) is 5.02 Å². The summed E-state index contributed by atoms with van der Waals surface area (Å²) < 4.78 is 5.10. The van der Waals surface area contributed by atoms with Gasteiger partial charge in [-0.3, -0.25) is 9.59 Å². The van der Waals surface area contributed by atoms with Crippen LogP contribution in [-0.2, 0) is 4.79 Å². The Bertz CT molecular complexity index is 766. The Hall–Kier alpha value is -2.60. The van der Waals surface area contributed by atoms with Gasteiger partial charge in [-0.25, -0.2) is 5.43 Å². The molecule has 0 bridgehead atoms. The normalized spacial score (nSPS) is 15.5. The van der Waals surface area contributed by atoms with Crippen LogP contribution in [0.4, 0.5) is 0 Å². The highest BCUT2D eigenvalue weighted by Crippen LogP contribution is 2.22. The molecule has 3 rings (SSSR count). The maximum Gasteiger partial charge on any atom is 0.255 e. The quantitative estimate of drug-likeness (QED) is 0.673. The first-order chi connectivity index (χ1) is 12.1. The lowest BCUT2D eigenvalue weighted by Crippen LogP contribution is -2.42. The lowest BCUT2D eigenvalue weighted by Gasteiger charge is -2.31. The summed E-state index contributed by atoms with van der Waals surface area (Å²) in [6.07, 6.45) is 4.18. The van der Waals surface area contributed by atoms with E-state index in [0.717, 1.165) is 0 Å². The van der Waals surface area contributed by atoms with Crippen LogP contribution in [0.3, 0.4) is 0 Å². The highest BCUT2D eigenvalue weighted by molar-refractivity contribution is 6.33. The Kier molecular flexibility index (Phi) is 5.50. The number of carbonyl (C=O) groups excluding carboxylic acids is 2. The molecule has 2 amide bonds. The minimum absolute atomic E-state index is 0.0969. The van der Waals surface area contributed by atoms with E-state index in [1.807, 2.05) is 0 Å². The SMILES string of the molecule is O=C(N/N=C\c1ccco1)C1CCN(C(=O)c2ccccc2Cl)CC1. The molecule has 2 aromatic rings. The van der Waals surface area contributed by atoms with Gasteiger partial charge < -0.3 is 9.32 Å². The molecule has 0 spiro atoms. The second-order valence-electron chi connectivity index (χ2n) is 5.80. The van der Waals surface area contributed by atoms with Crippen molar-refractivity contribution in [1.82, 2.24) is 10.3 Å². The fourth-order valence-electron chi connectivity index (χ4n) is 2.77. The van der Waals surface area contributed by atoms with E-state index in [1.54, 1.807) is 41.3 Å². The van der Waals surface area contributed by atoms with Crippen molar-refractivity contribution < 1.29 is 14.0 Å². The number of furan rings is 1. The van der Waals surface area contributed by atoms with Crippen LogP contribution in [0.1, 0.15) is 29.0 Å². The molecule has 2 heterocycles. The molecule has 130 valence electrons. The third-order valence-corrected chi connectivity index (χ3v) is 4.50. The number of halogens is 1. The maximum atomic E-state index is 12.5.